The lowest BCUT2D eigenvalue weighted by molar-refractivity contribution is 0.0631. The minimum Gasteiger partial charge on any atom is -0.494 e. The second kappa shape index (κ2) is 7.21. The van der Waals surface area contributed by atoms with Crippen LogP contribution in [-0.2, 0) is 9.47 Å². The summed E-state index contributed by atoms with van der Waals surface area (Å²) in [5.74, 6) is -0.243. The summed E-state index contributed by atoms with van der Waals surface area (Å²) in [4.78, 5) is 0. The first-order valence-electron chi connectivity index (χ1n) is 5.35. The van der Waals surface area contributed by atoms with Gasteiger partial charge in [-0.15, -0.1) is 0 Å². The Kier molecular flexibility index (Phi) is 5.90. The highest BCUT2D eigenvalue weighted by atomic mass is 19.1. The predicted molar refractivity (Wildman–Crippen MR) is 62.6 cm³/mol. The molecule has 0 radical (unpaired) electrons. The highest BCUT2D eigenvalue weighted by molar-refractivity contribution is 5.32. The molecule has 0 saturated heterocycles. The molecule has 0 amide bonds. The molecule has 0 saturated carbocycles. The third kappa shape index (κ3) is 3.96. The first kappa shape index (κ1) is 13.9. The van der Waals surface area contributed by atoms with Gasteiger partial charge in [0.2, 0.25) is 0 Å². The quantitative estimate of drug-likeness (QED) is 0.737. The van der Waals surface area contributed by atoms with E-state index in [0.29, 0.717) is 18.8 Å². The topological polar surface area (TPSA) is 53.7 Å². The normalized spacial score (nSPS) is 12.5. The molecule has 0 bridgehead atoms. The van der Waals surface area contributed by atoms with Crippen molar-refractivity contribution >= 4 is 0 Å². The fraction of sp³-hybridized carbons (Fsp3) is 0.500. The van der Waals surface area contributed by atoms with Crippen LogP contribution in [0.3, 0.4) is 0 Å². The van der Waals surface area contributed by atoms with Gasteiger partial charge in [0.15, 0.2) is 11.6 Å². The monoisotopic (exact) mass is 243 g/mol. The van der Waals surface area contributed by atoms with E-state index in [9.17, 15) is 4.39 Å². The summed E-state index contributed by atoms with van der Waals surface area (Å²) in [5, 5.41) is 0. The van der Waals surface area contributed by atoms with Crippen molar-refractivity contribution in [1.29, 1.82) is 0 Å². The number of ether oxygens (including phenoxy) is 3. The van der Waals surface area contributed by atoms with Crippen LogP contribution in [0, 0.1) is 5.82 Å². The molecule has 17 heavy (non-hydrogen) atoms. The molecule has 0 aliphatic heterocycles. The number of hydrogen-bond acceptors (Lipinski definition) is 4. The largest absolute Gasteiger partial charge is 0.494 e. The van der Waals surface area contributed by atoms with Crippen LogP contribution < -0.4 is 10.5 Å². The van der Waals surface area contributed by atoms with E-state index in [2.05, 4.69) is 0 Å². The molecule has 1 unspecified atom stereocenters. The minimum atomic E-state index is -0.512. The van der Waals surface area contributed by atoms with E-state index in [1.165, 1.54) is 7.11 Å². The van der Waals surface area contributed by atoms with Crippen molar-refractivity contribution in [2.45, 2.75) is 6.04 Å². The predicted octanol–water partition coefficient (Wildman–Crippen LogP) is 1.50. The highest BCUT2D eigenvalue weighted by Crippen LogP contribution is 2.23. The first-order valence-corrected chi connectivity index (χ1v) is 5.35. The number of halogens is 1. The Balaban J connectivity index is 2.59. The average Bonchev–Trinajstić information content (AvgIpc) is 2.34. The highest BCUT2D eigenvalue weighted by Gasteiger charge is 2.14. The fourth-order valence-electron chi connectivity index (χ4n) is 1.41. The molecule has 0 spiro atoms. The van der Waals surface area contributed by atoms with Crippen molar-refractivity contribution in [2.24, 2.45) is 5.73 Å². The maximum absolute atomic E-state index is 13.8. The molecule has 0 heterocycles. The van der Waals surface area contributed by atoms with Crippen LogP contribution in [0.2, 0.25) is 0 Å². The van der Waals surface area contributed by atoms with Crippen molar-refractivity contribution in [3.8, 4) is 5.75 Å². The Bertz CT molecular complexity index is 347. The van der Waals surface area contributed by atoms with E-state index in [0.717, 1.165) is 0 Å². The lowest BCUT2D eigenvalue weighted by atomic mass is 10.1. The first-order chi connectivity index (χ1) is 8.20. The number of benzene rings is 1. The van der Waals surface area contributed by atoms with E-state index in [4.69, 9.17) is 19.9 Å². The Morgan fingerprint density at radius 2 is 2.06 bits per heavy atom. The van der Waals surface area contributed by atoms with Gasteiger partial charge in [-0.05, 0) is 6.07 Å². The van der Waals surface area contributed by atoms with Crippen LogP contribution >= 0.6 is 0 Å². The van der Waals surface area contributed by atoms with Crippen LogP contribution in [0.5, 0.6) is 5.75 Å². The average molecular weight is 243 g/mol. The van der Waals surface area contributed by atoms with Gasteiger partial charge in [-0.1, -0.05) is 12.1 Å². The lowest BCUT2D eigenvalue weighted by Gasteiger charge is -2.14. The van der Waals surface area contributed by atoms with Crippen LogP contribution in [-0.4, -0.2) is 34.0 Å². The zero-order valence-electron chi connectivity index (χ0n) is 10.1. The molecule has 1 rings (SSSR count). The van der Waals surface area contributed by atoms with Crippen molar-refractivity contribution in [1.82, 2.24) is 0 Å². The molecule has 1 aromatic rings. The molecule has 0 aliphatic rings. The Hall–Kier alpha value is -1.17. The summed E-state index contributed by atoms with van der Waals surface area (Å²) in [6, 6.07) is 4.37. The van der Waals surface area contributed by atoms with Crippen LogP contribution in [0.1, 0.15) is 11.6 Å². The van der Waals surface area contributed by atoms with Crippen molar-refractivity contribution in [2.75, 3.05) is 34.0 Å². The Morgan fingerprint density at radius 3 is 2.71 bits per heavy atom. The summed E-state index contributed by atoms with van der Waals surface area (Å²) in [6.45, 7) is 1.18. The maximum Gasteiger partial charge on any atom is 0.169 e. The number of rotatable bonds is 7. The van der Waals surface area contributed by atoms with Crippen molar-refractivity contribution < 1.29 is 18.6 Å². The van der Waals surface area contributed by atoms with Gasteiger partial charge in [-0.2, -0.15) is 0 Å². The van der Waals surface area contributed by atoms with Gasteiger partial charge in [0.25, 0.3) is 0 Å². The van der Waals surface area contributed by atoms with Gasteiger partial charge in [0.1, 0.15) is 0 Å². The third-order valence-electron chi connectivity index (χ3n) is 2.34. The van der Waals surface area contributed by atoms with E-state index in [-0.39, 0.29) is 12.4 Å². The van der Waals surface area contributed by atoms with E-state index >= 15 is 0 Å². The summed E-state index contributed by atoms with van der Waals surface area (Å²) in [5.41, 5.74) is 6.23. The molecule has 0 aromatic heterocycles. The zero-order chi connectivity index (χ0) is 12.7. The molecule has 4 nitrogen and oxygen atoms in total. The molecule has 2 N–H and O–H groups in total. The summed E-state index contributed by atoms with van der Waals surface area (Å²) < 4.78 is 28.8. The molecule has 96 valence electrons. The Labute approximate surface area is 100 Å². The molecule has 1 atom stereocenters. The second-order valence-electron chi connectivity index (χ2n) is 3.54. The van der Waals surface area contributed by atoms with Gasteiger partial charge < -0.3 is 19.9 Å². The number of methoxy groups -OCH3 is 2. The number of nitrogens with two attached hydrogens (primary N) is 1. The summed E-state index contributed by atoms with van der Waals surface area (Å²) in [7, 11) is 3.01. The fourth-order valence-corrected chi connectivity index (χ4v) is 1.41. The lowest BCUT2D eigenvalue weighted by Crippen LogP contribution is -2.20. The minimum absolute atomic E-state index is 0.190. The van der Waals surface area contributed by atoms with Gasteiger partial charge in [0, 0.05) is 12.7 Å². The molecule has 1 aromatic carbocycles. The summed E-state index contributed by atoms with van der Waals surface area (Å²) >= 11 is 0. The second-order valence-corrected chi connectivity index (χ2v) is 3.54. The van der Waals surface area contributed by atoms with Crippen LogP contribution in [0.4, 0.5) is 4.39 Å². The molecular formula is C12H18FNO3. The van der Waals surface area contributed by atoms with Gasteiger partial charge in [0.05, 0.1) is 33.0 Å². The molecule has 0 aliphatic carbocycles. The summed E-state index contributed by atoms with van der Waals surface area (Å²) in [6.07, 6.45) is 0. The zero-order valence-corrected chi connectivity index (χ0v) is 10.1. The SMILES string of the molecule is COCCOCC(N)c1cccc(OC)c1F. The van der Waals surface area contributed by atoms with Gasteiger partial charge in [-0.3, -0.25) is 0 Å². The maximum atomic E-state index is 13.8. The van der Waals surface area contributed by atoms with Gasteiger partial charge >= 0.3 is 0 Å². The van der Waals surface area contributed by atoms with E-state index in [1.54, 1.807) is 25.3 Å². The molecular weight excluding hydrogens is 225 g/mol. The van der Waals surface area contributed by atoms with E-state index in [1.807, 2.05) is 0 Å². The molecule has 5 heteroatoms. The van der Waals surface area contributed by atoms with Crippen molar-refractivity contribution in [3.05, 3.63) is 29.6 Å². The standard InChI is InChI=1S/C12H18FNO3/c1-15-6-7-17-8-10(14)9-4-3-5-11(16-2)12(9)13/h3-5,10H,6-8,14H2,1-2H3. The number of hydrogen-bond donors (Lipinski definition) is 1. The van der Waals surface area contributed by atoms with E-state index < -0.39 is 11.9 Å². The Morgan fingerprint density at radius 1 is 1.29 bits per heavy atom. The smallest absolute Gasteiger partial charge is 0.169 e. The van der Waals surface area contributed by atoms with Crippen molar-refractivity contribution in [3.63, 3.8) is 0 Å². The van der Waals surface area contributed by atoms with Crippen LogP contribution in [0.15, 0.2) is 18.2 Å². The van der Waals surface area contributed by atoms with Crippen LogP contribution in [0.25, 0.3) is 0 Å². The third-order valence-corrected chi connectivity index (χ3v) is 2.34. The molecule has 0 fully saturated rings. The van der Waals surface area contributed by atoms with Gasteiger partial charge in [-0.25, -0.2) is 4.39 Å².